The maximum atomic E-state index is 11.6. The molecule has 0 fully saturated rings. The molecule has 2 rings (SSSR count). The number of rotatable bonds is 2. The van der Waals surface area contributed by atoms with Crippen LogP contribution in [0.2, 0.25) is 0 Å². The number of nitrogen functional groups attached to an aromatic ring is 1. The molecule has 2 aromatic heterocycles. The average Bonchev–Trinajstić information content (AvgIpc) is 2.70. The molecule has 76 valence electrons. The first kappa shape index (κ1) is 9.60. The minimum Gasteiger partial charge on any atom is -0.384 e. The molecule has 0 unspecified atom stereocenters. The van der Waals surface area contributed by atoms with Gasteiger partial charge in [-0.1, -0.05) is 0 Å². The van der Waals surface area contributed by atoms with Crippen molar-refractivity contribution in [3.05, 3.63) is 35.5 Å². The van der Waals surface area contributed by atoms with Crippen LogP contribution in [0.25, 0.3) is 0 Å². The van der Waals surface area contributed by atoms with Gasteiger partial charge in [-0.3, -0.25) is 10.1 Å². The summed E-state index contributed by atoms with van der Waals surface area (Å²) in [6.45, 7) is 0. The second-order valence-corrected chi connectivity index (χ2v) is 3.66. The van der Waals surface area contributed by atoms with Crippen LogP contribution < -0.4 is 11.1 Å². The number of nitrogens with one attached hydrogen (secondary N) is 1. The Bertz CT molecular complexity index is 469. The number of hydrogen-bond donors (Lipinski definition) is 2. The van der Waals surface area contributed by atoms with Crippen LogP contribution in [-0.2, 0) is 0 Å². The van der Waals surface area contributed by atoms with Crippen molar-refractivity contribution in [3.63, 3.8) is 0 Å². The smallest absolute Gasteiger partial charge is 0.257 e. The van der Waals surface area contributed by atoms with Crippen molar-refractivity contribution in [2.45, 2.75) is 0 Å². The van der Waals surface area contributed by atoms with Gasteiger partial charge in [0.1, 0.15) is 5.82 Å². The third-order valence-corrected chi connectivity index (χ3v) is 2.38. The van der Waals surface area contributed by atoms with E-state index in [2.05, 4.69) is 15.3 Å². The lowest BCUT2D eigenvalue weighted by Crippen LogP contribution is -2.12. The molecule has 0 aromatic carbocycles. The zero-order chi connectivity index (χ0) is 10.7. The number of thiazole rings is 1. The first-order valence-electron chi connectivity index (χ1n) is 4.18. The van der Waals surface area contributed by atoms with Crippen LogP contribution >= 0.6 is 11.3 Å². The summed E-state index contributed by atoms with van der Waals surface area (Å²) in [5.74, 6) is 0.0841. The zero-order valence-electron chi connectivity index (χ0n) is 7.68. The van der Waals surface area contributed by atoms with Crippen molar-refractivity contribution in [1.82, 2.24) is 9.97 Å². The van der Waals surface area contributed by atoms with Crippen LogP contribution in [0.15, 0.2) is 29.9 Å². The summed E-state index contributed by atoms with van der Waals surface area (Å²) in [7, 11) is 0. The number of aromatic nitrogens is 2. The van der Waals surface area contributed by atoms with Gasteiger partial charge in [0.15, 0.2) is 5.13 Å². The lowest BCUT2D eigenvalue weighted by Gasteiger charge is -2.01. The van der Waals surface area contributed by atoms with Crippen molar-refractivity contribution in [1.29, 1.82) is 0 Å². The highest BCUT2D eigenvalue weighted by Crippen LogP contribution is 2.12. The van der Waals surface area contributed by atoms with E-state index >= 15 is 0 Å². The second-order valence-electron chi connectivity index (χ2n) is 2.76. The Morgan fingerprint density at radius 1 is 1.40 bits per heavy atom. The topological polar surface area (TPSA) is 80.9 Å². The van der Waals surface area contributed by atoms with E-state index in [-0.39, 0.29) is 5.91 Å². The summed E-state index contributed by atoms with van der Waals surface area (Å²) in [6.07, 6.45) is 3.12. The quantitative estimate of drug-likeness (QED) is 0.801. The van der Waals surface area contributed by atoms with E-state index in [9.17, 15) is 4.79 Å². The van der Waals surface area contributed by atoms with E-state index in [0.29, 0.717) is 16.5 Å². The molecule has 0 saturated carbocycles. The van der Waals surface area contributed by atoms with Gasteiger partial charge in [-0.25, -0.2) is 9.97 Å². The van der Waals surface area contributed by atoms with Gasteiger partial charge in [-0.15, -0.1) is 11.3 Å². The summed E-state index contributed by atoms with van der Waals surface area (Å²) in [5, 5.41) is 5.00. The molecule has 0 aliphatic rings. The fraction of sp³-hybridized carbons (Fsp3) is 0. The van der Waals surface area contributed by atoms with Gasteiger partial charge >= 0.3 is 0 Å². The molecular weight excluding hydrogens is 212 g/mol. The first-order valence-corrected chi connectivity index (χ1v) is 5.06. The number of nitrogens with two attached hydrogens (primary N) is 1. The van der Waals surface area contributed by atoms with Crippen LogP contribution in [0.4, 0.5) is 10.9 Å². The fourth-order valence-corrected chi connectivity index (χ4v) is 1.57. The Hall–Kier alpha value is -1.95. The van der Waals surface area contributed by atoms with Gasteiger partial charge < -0.3 is 5.73 Å². The van der Waals surface area contributed by atoms with Gasteiger partial charge in [0, 0.05) is 23.3 Å². The molecule has 0 atom stereocenters. The number of pyridine rings is 1. The second kappa shape index (κ2) is 4.05. The van der Waals surface area contributed by atoms with Gasteiger partial charge in [-0.2, -0.15) is 0 Å². The predicted molar refractivity (Wildman–Crippen MR) is 58.7 cm³/mol. The van der Waals surface area contributed by atoms with Crippen LogP contribution in [0.1, 0.15) is 10.4 Å². The Morgan fingerprint density at radius 3 is 2.93 bits per heavy atom. The van der Waals surface area contributed by atoms with Gasteiger partial charge in [0.05, 0.1) is 0 Å². The maximum Gasteiger partial charge on any atom is 0.257 e. The molecule has 0 saturated heterocycles. The molecule has 0 aliphatic heterocycles. The van der Waals surface area contributed by atoms with Gasteiger partial charge in [0.25, 0.3) is 5.91 Å². The van der Waals surface area contributed by atoms with Crippen molar-refractivity contribution in [3.8, 4) is 0 Å². The van der Waals surface area contributed by atoms with E-state index in [0.717, 1.165) is 0 Å². The molecule has 3 N–H and O–H groups in total. The van der Waals surface area contributed by atoms with E-state index in [1.54, 1.807) is 17.6 Å². The summed E-state index contributed by atoms with van der Waals surface area (Å²) in [5.41, 5.74) is 5.94. The Balaban J connectivity index is 2.15. The number of carbonyl (C=O) groups is 1. The number of nitrogens with zero attached hydrogens (tertiary/aromatic N) is 2. The third-order valence-electron chi connectivity index (χ3n) is 1.70. The molecule has 2 aromatic rings. The van der Waals surface area contributed by atoms with E-state index < -0.39 is 0 Å². The average molecular weight is 220 g/mol. The molecular formula is C9H8N4OS. The molecule has 0 aliphatic carbocycles. The molecule has 2 heterocycles. The highest BCUT2D eigenvalue weighted by atomic mass is 32.1. The van der Waals surface area contributed by atoms with Crippen LogP contribution in [-0.4, -0.2) is 15.9 Å². The Morgan fingerprint density at radius 2 is 2.27 bits per heavy atom. The Kier molecular flexibility index (Phi) is 2.59. The highest BCUT2D eigenvalue weighted by molar-refractivity contribution is 7.13. The fourth-order valence-electron chi connectivity index (χ4n) is 1.04. The standard InChI is InChI=1S/C9H8N4OS/c10-7-5-6(1-2-11-7)8(14)13-9-12-3-4-15-9/h1-5H,(H2,10,11)(H,12,13,14). The Labute approximate surface area is 90.0 Å². The summed E-state index contributed by atoms with van der Waals surface area (Å²) in [4.78, 5) is 19.4. The van der Waals surface area contributed by atoms with Crippen molar-refractivity contribution >= 4 is 28.2 Å². The van der Waals surface area contributed by atoms with Crippen LogP contribution in [0.5, 0.6) is 0 Å². The zero-order valence-corrected chi connectivity index (χ0v) is 8.49. The normalized spacial score (nSPS) is 9.87. The minimum absolute atomic E-state index is 0.237. The van der Waals surface area contributed by atoms with E-state index in [1.165, 1.54) is 23.6 Å². The van der Waals surface area contributed by atoms with Crippen molar-refractivity contribution in [2.75, 3.05) is 11.1 Å². The maximum absolute atomic E-state index is 11.6. The minimum atomic E-state index is -0.237. The molecule has 0 spiro atoms. The molecule has 5 nitrogen and oxygen atoms in total. The SMILES string of the molecule is Nc1cc(C(=O)Nc2nccs2)ccn1. The van der Waals surface area contributed by atoms with E-state index in [4.69, 9.17) is 5.73 Å². The van der Waals surface area contributed by atoms with Gasteiger partial charge in [0.2, 0.25) is 0 Å². The highest BCUT2D eigenvalue weighted by Gasteiger charge is 2.07. The largest absolute Gasteiger partial charge is 0.384 e. The van der Waals surface area contributed by atoms with Crippen molar-refractivity contribution in [2.24, 2.45) is 0 Å². The molecule has 15 heavy (non-hydrogen) atoms. The predicted octanol–water partition coefficient (Wildman–Crippen LogP) is 1.37. The van der Waals surface area contributed by atoms with Crippen molar-refractivity contribution < 1.29 is 4.79 Å². The monoisotopic (exact) mass is 220 g/mol. The number of anilines is 2. The summed E-state index contributed by atoms with van der Waals surface area (Å²) < 4.78 is 0. The first-order chi connectivity index (χ1) is 7.25. The number of carbonyl (C=O) groups excluding carboxylic acids is 1. The van der Waals surface area contributed by atoms with Gasteiger partial charge in [-0.05, 0) is 12.1 Å². The van der Waals surface area contributed by atoms with E-state index in [1.807, 2.05) is 0 Å². The van der Waals surface area contributed by atoms with Crippen LogP contribution in [0.3, 0.4) is 0 Å². The third kappa shape index (κ3) is 2.29. The molecule has 0 radical (unpaired) electrons. The van der Waals surface area contributed by atoms with Crippen LogP contribution in [0, 0.1) is 0 Å². The molecule has 1 amide bonds. The summed E-state index contributed by atoms with van der Waals surface area (Å²) in [6, 6.07) is 3.11. The molecule has 6 heteroatoms. The number of hydrogen-bond acceptors (Lipinski definition) is 5. The molecule has 0 bridgehead atoms. The lowest BCUT2D eigenvalue weighted by molar-refractivity contribution is 0.102. The number of amides is 1. The lowest BCUT2D eigenvalue weighted by atomic mass is 10.2. The summed E-state index contributed by atoms with van der Waals surface area (Å²) >= 11 is 1.36.